The van der Waals surface area contributed by atoms with Crippen LogP contribution in [0.25, 0.3) is 0 Å². The molecule has 1 aromatic rings. The minimum atomic E-state index is -3.13. The van der Waals surface area contributed by atoms with E-state index in [1.165, 1.54) is 4.31 Å². The quantitative estimate of drug-likeness (QED) is 0.886. The zero-order valence-corrected chi connectivity index (χ0v) is 14.0. The first-order valence-electron chi connectivity index (χ1n) is 8.02. The molecule has 7 heteroatoms. The fourth-order valence-electron chi connectivity index (χ4n) is 3.08. The predicted molar refractivity (Wildman–Crippen MR) is 86.8 cm³/mol. The van der Waals surface area contributed by atoms with E-state index in [1.807, 2.05) is 24.3 Å². The monoisotopic (exact) mass is 338 g/mol. The van der Waals surface area contributed by atoms with Crippen LogP contribution < -0.4 is 10.1 Å². The SMILES string of the molecule is CCS(=O)(=O)N1CCC(NC(=O)C2Cc3ccccc3O2)CC1. The van der Waals surface area contributed by atoms with E-state index < -0.39 is 16.1 Å². The second-order valence-electron chi connectivity index (χ2n) is 6.00. The van der Waals surface area contributed by atoms with Gasteiger partial charge in [-0.05, 0) is 31.4 Å². The Morgan fingerprint density at radius 2 is 2.00 bits per heavy atom. The number of nitrogens with one attached hydrogen (secondary N) is 1. The number of para-hydroxylation sites is 1. The van der Waals surface area contributed by atoms with Crippen LogP contribution in [0.5, 0.6) is 5.75 Å². The summed E-state index contributed by atoms with van der Waals surface area (Å²) in [5.74, 6) is 0.785. The molecule has 0 aromatic heterocycles. The number of rotatable bonds is 4. The van der Waals surface area contributed by atoms with Gasteiger partial charge < -0.3 is 10.1 Å². The van der Waals surface area contributed by atoms with Gasteiger partial charge in [-0.15, -0.1) is 0 Å². The van der Waals surface area contributed by atoms with Gasteiger partial charge in [-0.2, -0.15) is 0 Å². The number of sulfonamides is 1. The first-order chi connectivity index (χ1) is 11.0. The van der Waals surface area contributed by atoms with Crippen LogP contribution in [0, 0.1) is 0 Å². The normalized spacial score (nSPS) is 22.4. The van der Waals surface area contributed by atoms with Crippen molar-refractivity contribution in [2.24, 2.45) is 0 Å². The molecule has 0 radical (unpaired) electrons. The van der Waals surface area contributed by atoms with E-state index in [4.69, 9.17) is 4.74 Å². The van der Waals surface area contributed by atoms with E-state index >= 15 is 0 Å². The van der Waals surface area contributed by atoms with Crippen molar-refractivity contribution in [3.05, 3.63) is 29.8 Å². The third-order valence-electron chi connectivity index (χ3n) is 4.50. The van der Waals surface area contributed by atoms with E-state index in [9.17, 15) is 13.2 Å². The maximum atomic E-state index is 12.3. The van der Waals surface area contributed by atoms with E-state index in [0.29, 0.717) is 32.4 Å². The summed E-state index contributed by atoms with van der Waals surface area (Å²) in [4.78, 5) is 12.3. The number of hydrogen-bond acceptors (Lipinski definition) is 4. The van der Waals surface area contributed by atoms with E-state index in [-0.39, 0.29) is 17.7 Å². The summed E-state index contributed by atoms with van der Waals surface area (Å²) in [6.07, 6.45) is 1.39. The Bertz CT molecular complexity index is 656. The smallest absolute Gasteiger partial charge is 0.261 e. The van der Waals surface area contributed by atoms with Crippen LogP contribution >= 0.6 is 0 Å². The summed E-state index contributed by atoms with van der Waals surface area (Å²) in [6.45, 7) is 2.58. The molecule has 1 N–H and O–H groups in total. The standard InChI is InChI=1S/C16H22N2O4S/c1-2-23(20,21)18-9-7-13(8-10-18)17-16(19)15-11-12-5-3-4-6-14(12)22-15/h3-6,13,15H,2,7-11H2,1H3,(H,17,19). The Kier molecular flexibility index (Phi) is 4.59. The van der Waals surface area contributed by atoms with Gasteiger partial charge in [0.15, 0.2) is 6.10 Å². The van der Waals surface area contributed by atoms with Crippen LogP contribution in [0.15, 0.2) is 24.3 Å². The highest BCUT2D eigenvalue weighted by Gasteiger charge is 2.32. The summed E-state index contributed by atoms with van der Waals surface area (Å²) in [5.41, 5.74) is 1.05. The molecule has 1 saturated heterocycles. The third kappa shape index (κ3) is 3.50. The number of nitrogens with zero attached hydrogens (tertiary/aromatic N) is 1. The molecule has 1 aromatic carbocycles. The molecule has 0 aliphatic carbocycles. The van der Waals surface area contributed by atoms with Crippen molar-refractivity contribution < 1.29 is 17.9 Å². The molecule has 3 rings (SSSR count). The Hall–Kier alpha value is -1.60. The summed E-state index contributed by atoms with van der Waals surface area (Å²) >= 11 is 0. The molecule has 1 amide bonds. The summed E-state index contributed by atoms with van der Waals surface area (Å²) in [7, 11) is -3.13. The molecule has 1 atom stereocenters. The Morgan fingerprint density at radius 1 is 1.30 bits per heavy atom. The summed E-state index contributed by atoms with van der Waals surface area (Å²) < 4.78 is 30.9. The van der Waals surface area contributed by atoms with Crippen LogP contribution in [0.3, 0.4) is 0 Å². The van der Waals surface area contributed by atoms with Crippen molar-refractivity contribution in [3.63, 3.8) is 0 Å². The van der Waals surface area contributed by atoms with Crippen LogP contribution in [0.2, 0.25) is 0 Å². The number of carbonyl (C=O) groups excluding carboxylic acids is 1. The molecular formula is C16H22N2O4S. The average Bonchev–Trinajstić information content (AvgIpc) is 2.99. The number of hydrogen-bond donors (Lipinski definition) is 1. The number of fused-ring (bicyclic) bond motifs is 1. The lowest BCUT2D eigenvalue weighted by atomic mass is 10.1. The number of benzene rings is 1. The molecule has 23 heavy (non-hydrogen) atoms. The molecule has 0 bridgehead atoms. The maximum absolute atomic E-state index is 12.3. The second-order valence-corrected chi connectivity index (χ2v) is 8.26. The van der Waals surface area contributed by atoms with Crippen molar-refractivity contribution in [1.82, 2.24) is 9.62 Å². The molecule has 6 nitrogen and oxygen atoms in total. The highest BCUT2D eigenvalue weighted by atomic mass is 32.2. The van der Waals surface area contributed by atoms with E-state index in [0.717, 1.165) is 11.3 Å². The zero-order chi connectivity index (χ0) is 16.4. The van der Waals surface area contributed by atoms with Gasteiger partial charge in [-0.1, -0.05) is 18.2 Å². The fourth-order valence-corrected chi connectivity index (χ4v) is 4.22. The molecule has 0 spiro atoms. The number of piperidine rings is 1. The Morgan fingerprint density at radius 3 is 2.65 bits per heavy atom. The molecule has 1 unspecified atom stereocenters. The van der Waals surface area contributed by atoms with Gasteiger partial charge in [0.1, 0.15) is 5.75 Å². The minimum absolute atomic E-state index is 0.0121. The van der Waals surface area contributed by atoms with Gasteiger partial charge in [-0.25, -0.2) is 12.7 Å². The van der Waals surface area contributed by atoms with Gasteiger partial charge in [0.25, 0.3) is 5.91 Å². The van der Waals surface area contributed by atoms with Crippen LogP contribution in [-0.2, 0) is 21.2 Å². The van der Waals surface area contributed by atoms with Gasteiger partial charge >= 0.3 is 0 Å². The summed E-state index contributed by atoms with van der Waals surface area (Å²) in [6, 6.07) is 7.68. The Balaban J connectivity index is 1.51. The first-order valence-corrected chi connectivity index (χ1v) is 9.63. The van der Waals surface area contributed by atoms with Crippen molar-refractivity contribution in [2.45, 2.75) is 38.3 Å². The molecule has 0 saturated carbocycles. The predicted octanol–water partition coefficient (Wildman–Crippen LogP) is 0.920. The van der Waals surface area contributed by atoms with Crippen molar-refractivity contribution in [2.75, 3.05) is 18.8 Å². The molecule has 1 fully saturated rings. The molecule has 2 aliphatic heterocycles. The maximum Gasteiger partial charge on any atom is 0.261 e. The minimum Gasteiger partial charge on any atom is -0.480 e. The summed E-state index contributed by atoms with van der Waals surface area (Å²) in [5, 5.41) is 3.00. The second kappa shape index (κ2) is 6.49. The molecular weight excluding hydrogens is 316 g/mol. The topological polar surface area (TPSA) is 75.7 Å². The van der Waals surface area contributed by atoms with Crippen molar-refractivity contribution in [1.29, 1.82) is 0 Å². The molecule has 2 heterocycles. The van der Waals surface area contributed by atoms with Crippen molar-refractivity contribution in [3.8, 4) is 5.75 Å². The lowest BCUT2D eigenvalue weighted by molar-refractivity contribution is -0.128. The highest BCUT2D eigenvalue weighted by Crippen LogP contribution is 2.28. The zero-order valence-electron chi connectivity index (χ0n) is 13.2. The first kappa shape index (κ1) is 16.3. The van der Waals surface area contributed by atoms with Crippen LogP contribution in [-0.4, -0.2) is 49.6 Å². The van der Waals surface area contributed by atoms with Gasteiger partial charge in [0.05, 0.1) is 5.75 Å². The lowest BCUT2D eigenvalue weighted by Crippen LogP contribution is -2.49. The van der Waals surface area contributed by atoms with Crippen LogP contribution in [0.4, 0.5) is 0 Å². The fraction of sp³-hybridized carbons (Fsp3) is 0.562. The largest absolute Gasteiger partial charge is 0.480 e. The Labute approximate surface area is 136 Å². The van der Waals surface area contributed by atoms with E-state index in [2.05, 4.69) is 5.32 Å². The number of carbonyl (C=O) groups is 1. The van der Waals surface area contributed by atoms with Gasteiger partial charge in [-0.3, -0.25) is 4.79 Å². The van der Waals surface area contributed by atoms with E-state index in [1.54, 1.807) is 6.92 Å². The van der Waals surface area contributed by atoms with Crippen LogP contribution in [0.1, 0.15) is 25.3 Å². The average molecular weight is 338 g/mol. The van der Waals surface area contributed by atoms with Gasteiger partial charge in [0, 0.05) is 25.6 Å². The third-order valence-corrected chi connectivity index (χ3v) is 6.38. The lowest BCUT2D eigenvalue weighted by Gasteiger charge is -2.31. The number of ether oxygens (including phenoxy) is 1. The highest BCUT2D eigenvalue weighted by molar-refractivity contribution is 7.89. The molecule has 126 valence electrons. The molecule has 2 aliphatic rings. The van der Waals surface area contributed by atoms with Gasteiger partial charge in [0.2, 0.25) is 10.0 Å². The number of amides is 1. The van der Waals surface area contributed by atoms with Crippen molar-refractivity contribution >= 4 is 15.9 Å².